The van der Waals surface area contributed by atoms with Crippen molar-refractivity contribution in [2.45, 2.75) is 29.8 Å². The molecule has 4 nitrogen and oxygen atoms in total. The van der Waals surface area contributed by atoms with E-state index in [2.05, 4.69) is 31.0 Å². The van der Waals surface area contributed by atoms with E-state index in [1.807, 2.05) is 0 Å². The lowest BCUT2D eigenvalue weighted by atomic mass is 9.84. The summed E-state index contributed by atoms with van der Waals surface area (Å²) in [5.41, 5.74) is 0.417. The Morgan fingerprint density at radius 3 is 2.60 bits per heavy atom. The van der Waals surface area contributed by atoms with Gasteiger partial charge in [-0.3, -0.25) is 4.79 Å². The van der Waals surface area contributed by atoms with Crippen LogP contribution in [-0.4, -0.2) is 28.0 Å². The molecule has 0 radical (unpaired) electrons. The number of hydrogen-bond donors (Lipinski definition) is 1. The van der Waals surface area contributed by atoms with Crippen molar-refractivity contribution in [1.82, 2.24) is 4.98 Å². The molecule has 1 N–H and O–H groups in total. The van der Waals surface area contributed by atoms with Crippen LogP contribution in [0.5, 0.6) is 5.88 Å². The molecule has 1 heterocycles. The lowest BCUT2D eigenvalue weighted by molar-refractivity contribution is -0.154. The van der Waals surface area contributed by atoms with Gasteiger partial charge < -0.3 is 10.1 Å². The van der Waals surface area contributed by atoms with Crippen LogP contribution in [0.25, 0.3) is 0 Å². The third-order valence-corrected chi connectivity index (χ3v) is 4.08. The first-order valence-corrected chi connectivity index (χ1v) is 6.74. The fourth-order valence-corrected chi connectivity index (χ4v) is 2.31. The van der Waals surface area contributed by atoms with Gasteiger partial charge in [-0.2, -0.15) is 13.2 Å². The van der Waals surface area contributed by atoms with Crippen LogP contribution in [0.3, 0.4) is 0 Å². The lowest BCUT2D eigenvalue weighted by Crippen LogP contribution is -2.43. The summed E-state index contributed by atoms with van der Waals surface area (Å²) in [4.78, 5) is 15.6. The molecule has 0 unspecified atom stereocenters. The maximum Gasteiger partial charge on any atom is 0.422 e. The number of nitrogens with one attached hydrogen (secondary N) is 1. The Morgan fingerprint density at radius 2 is 2.15 bits per heavy atom. The highest BCUT2D eigenvalue weighted by atomic mass is 79.9. The number of halogens is 4. The standard InChI is InChI=1S/C12H12BrF3N2O2/c13-11(4-1-5-11)10(19)18-8-2-3-9(17-6-8)20-7-12(14,15)16/h2-3,6H,1,4-5,7H2,(H,18,19). The maximum atomic E-state index is 12.0. The second-order valence-electron chi connectivity index (χ2n) is 4.56. The molecule has 1 amide bonds. The van der Waals surface area contributed by atoms with E-state index in [1.54, 1.807) is 0 Å². The van der Waals surface area contributed by atoms with Crippen molar-refractivity contribution in [2.24, 2.45) is 0 Å². The van der Waals surface area contributed by atoms with Crippen LogP contribution in [0.2, 0.25) is 0 Å². The van der Waals surface area contributed by atoms with Crippen LogP contribution in [0.15, 0.2) is 18.3 Å². The molecule has 1 saturated carbocycles. The Labute approximate surface area is 121 Å². The largest absolute Gasteiger partial charge is 0.468 e. The zero-order valence-corrected chi connectivity index (χ0v) is 11.9. The highest BCUT2D eigenvalue weighted by Crippen LogP contribution is 2.40. The zero-order valence-electron chi connectivity index (χ0n) is 10.3. The first kappa shape index (κ1) is 15.1. The summed E-state index contributed by atoms with van der Waals surface area (Å²) in [5.74, 6) is -0.313. The number of nitrogens with zero attached hydrogens (tertiary/aromatic N) is 1. The highest BCUT2D eigenvalue weighted by molar-refractivity contribution is 9.10. The molecule has 20 heavy (non-hydrogen) atoms. The number of ether oxygens (including phenoxy) is 1. The molecule has 8 heteroatoms. The molecule has 1 aliphatic rings. The van der Waals surface area contributed by atoms with Gasteiger partial charge in [0.1, 0.15) is 4.32 Å². The van der Waals surface area contributed by atoms with E-state index in [0.717, 1.165) is 19.3 Å². The van der Waals surface area contributed by atoms with Gasteiger partial charge in [0.05, 0.1) is 11.9 Å². The molecule has 1 fully saturated rings. The van der Waals surface area contributed by atoms with Crippen molar-refractivity contribution in [1.29, 1.82) is 0 Å². The summed E-state index contributed by atoms with van der Waals surface area (Å²) in [6, 6.07) is 2.73. The van der Waals surface area contributed by atoms with Gasteiger partial charge in [-0.05, 0) is 25.3 Å². The van der Waals surface area contributed by atoms with Gasteiger partial charge in [0, 0.05) is 6.07 Å². The third kappa shape index (κ3) is 3.84. The topological polar surface area (TPSA) is 51.2 Å². The summed E-state index contributed by atoms with van der Waals surface area (Å²) in [6.45, 7) is -1.39. The fourth-order valence-electron chi connectivity index (χ4n) is 1.65. The minimum Gasteiger partial charge on any atom is -0.468 e. The molecule has 110 valence electrons. The molecule has 1 aromatic rings. The normalized spacial score (nSPS) is 17.2. The Bertz CT molecular complexity index is 486. The van der Waals surface area contributed by atoms with E-state index in [9.17, 15) is 18.0 Å². The Balaban J connectivity index is 1.90. The van der Waals surface area contributed by atoms with Gasteiger partial charge in [0.2, 0.25) is 11.8 Å². The molecular formula is C12H12BrF3N2O2. The predicted molar refractivity (Wildman–Crippen MR) is 69.9 cm³/mol. The Morgan fingerprint density at radius 1 is 1.45 bits per heavy atom. The zero-order chi connectivity index (χ0) is 14.8. The van der Waals surface area contributed by atoms with Gasteiger partial charge in [-0.15, -0.1) is 0 Å². The second-order valence-corrected chi connectivity index (χ2v) is 6.08. The minimum atomic E-state index is -4.40. The molecule has 1 aromatic heterocycles. The van der Waals surface area contributed by atoms with Gasteiger partial charge in [-0.25, -0.2) is 4.98 Å². The van der Waals surface area contributed by atoms with Crippen LogP contribution in [0, 0.1) is 0 Å². The molecular weight excluding hydrogens is 341 g/mol. The van der Waals surface area contributed by atoms with E-state index in [1.165, 1.54) is 18.3 Å². The molecule has 2 rings (SSSR count). The van der Waals surface area contributed by atoms with Crippen molar-refractivity contribution in [2.75, 3.05) is 11.9 Å². The molecule has 0 bridgehead atoms. The number of carbonyl (C=O) groups is 1. The second kappa shape index (κ2) is 5.59. The van der Waals surface area contributed by atoms with E-state index in [-0.39, 0.29) is 11.8 Å². The van der Waals surface area contributed by atoms with Crippen molar-refractivity contribution in [3.05, 3.63) is 18.3 Å². The van der Waals surface area contributed by atoms with E-state index < -0.39 is 17.1 Å². The Kier molecular flexibility index (Phi) is 4.22. The van der Waals surface area contributed by atoms with Crippen molar-refractivity contribution >= 4 is 27.5 Å². The van der Waals surface area contributed by atoms with Crippen LogP contribution in [-0.2, 0) is 4.79 Å². The van der Waals surface area contributed by atoms with Crippen molar-refractivity contribution in [3.8, 4) is 5.88 Å². The molecule has 0 atom stereocenters. The minimum absolute atomic E-state index is 0.141. The molecule has 0 aliphatic heterocycles. The number of alkyl halides is 4. The van der Waals surface area contributed by atoms with E-state index >= 15 is 0 Å². The average molecular weight is 353 g/mol. The average Bonchev–Trinajstić information content (AvgIpc) is 2.34. The van der Waals surface area contributed by atoms with Crippen LogP contribution >= 0.6 is 15.9 Å². The van der Waals surface area contributed by atoms with Gasteiger partial charge in [0.25, 0.3) is 0 Å². The number of anilines is 1. The predicted octanol–water partition coefficient (Wildman–Crippen LogP) is 3.28. The van der Waals surface area contributed by atoms with Crippen LogP contribution in [0.1, 0.15) is 19.3 Å². The number of carbonyl (C=O) groups excluding carboxylic acids is 1. The fraction of sp³-hybridized carbons (Fsp3) is 0.500. The molecule has 1 aliphatic carbocycles. The van der Waals surface area contributed by atoms with E-state index in [0.29, 0.717) is 5.69 Å². The number of aromatic nitrogens is 1. The van der Waals surface area contributed by atoms with Crippen LogP contribution in [0.4, 0.5) is 18.9 Å². The number of amides is 1. The summed E-state index contributed by atoms with van der Waals surface area (Å²) in [6.07, 6.45) is -0.626. The molecule has 0 spiro atoms. The number of rotatable bonds is 4. The smallest absolute Gasteiger partial charge is 0.422 e. The first-order chi connectivity index (χ1) is 9.28. The van der Waals surface area contributed by atoms with Crippen molar-refractivity contribution in [3.63, 3.8) is 0 Å². The summed E-state index contributed by atoms with van der Waals surface area (Å²) >= 11 is 3.37. The van der Waals surface area contributed by atoms with Crippen LogP contribution < -0.4 is 10.1 Å². The third-order valence-electron chi connectivity index (χ3n) is 2.93. The first-order valence-electron chi connectivity index (χ1n) is 5.94. The van der Waals surface area contributed by atoms with Gasteiger partial charge in [-0.1, -0.05) is 15.9 Å². The number of pyridine rings is 1. The van der Waals surface area contributed by atoms with Crippen molar-refractivity contribution < 1.29 is 22.7 Å². The molecule has 0 aromatic carbocycles. The Hall–Kier alpha value is -1.31. The highest BCUT2D eigenvalue weighted by Gasteiger charge is 2.41. The SMILES string of the molecule is O=C(Nc1ccc(OCC(F)(F)F)nc1)C1(Br)CCC1. The summed E-state index contributed by atoms with van der Waals surface area (Å²) in [7, 11) is 0. The quantitative estimate of drug-likeness (QED) is 0.846. The summed E-state index contributed by atoms with van der Waals surface area (Å²) in [5, 5.41) is 2.66. The van der Waals surface area contributed by atoms with Gasteiger partial charge in [0.15, 0.2) is 6.61 Å². The lowest BCUT2D eigenvalue weighted by Gasteiger charge is -2.34. The summed E-state index contributed by atoms with van der Waals surface area (Å²) < 4.78 is 39.8. The van der Waals surface area contributed by atoms with E-state index in [4.69, 9.17) is 0 Å². The van der Waals surface area contributed by atoms with Gasteiger partial charge >= 0.3 is 6.18 Å². The monoisotopic (exact) mass is 352 g/mol. The number of hydrogen-bond acceptors (Lipinski definition) is 3. The molecule has 0 saturated heterocycles. The maximum absolute atomic E-state index is 12.0.